The van der Waals surface area contributed by atoms with E-state index < -0.39 is 17.7 Å². The summed E-state index contributed by atoms with van der Waals surface area (Å²) in [6, 6.07) is 1.18. The first-order chi connectivity index (χ1) is 8.18. The van der Waals surface area contributed by atoms with Gasteiger partial charge in [-0.15, -0.1) is 0 Å². The maximum absolute atomic E-state index is 13.3. The highest BCUT2D eigenvalue weighted by molar-refractivity contribution is 5.94. The van der Waals surface area contributed by atoms with Crippen molar-refractivity contribution in [2.24, 2.45) is 5.92 Å². The molecule has 1 amide bonds. The number of carbonyl (C=O) groups is 1. The Balaban J connectivity index is 1.97. The van der Waals surface area contributed by atoms with Crippen molar-refractivity contribution in [3.63, 3.8) is 0 Å². The van der Waals surface area contributed by atoms with Crippen LogP contribution in [0.25, 0.3) is 0 Å². The molecule has 0 aromatic carbocycles. The lowest BCUT2D eigenvalue weighted by molar-refractivity contribution is 0.0942. The maximum Gasteiger partial charge on any atom is 0.254 e. The van der Waals surface area contributed by atoms with E-state index in [1.165, 1.54) is 18.9 Å². The van der Waals surface area contributed by atoms with Gasteiger partial charge < -0.3 is 5.32 Å². The summed E-state index contributed by atoms with van der Waals surface area (Å²) in [5.74, 6) is -2.53. The van der Waals surface area contributed by atoms with Gasteiger partial charge in [0.15, 0.2) is 5.82 Å². The van der Waals surface area contributed by atoms with Gasteiger partial charge in [-0.25, -0.2) is 9.37 Å². The van der Waals surface area contributed by atoms with Crippen LogP contribution in [-0.2, 0) is 0 Å². The SMILES string of the molecule is O=C(NCC1CCCC1)c1ccnc(F)c1F. The van der Waals surface area contributed by atoms with Crippen molar-refractivity contribution in [1.82, 2.24) is 10.3 Å². The third-order valence-electron chi connectivity index (χ3n) is 3.12. The van der Waals surface area contributed by atoms with Gasteiger partial charge in [0.2, 0.25) is 5.95 Å². The van der Waals surface area contributed by atoms with Gasteiger partial charge in [-0.05, 0) is 24.8 Å². The summed E-state index contributed by atoms with van der Waals surface area (Å²) in [5, 5.41) is 2.64. The second-order valence-corrected chi connectivity index (χ2v) is 4.32. The van der Waals surface area contributed by atoms with E-state index in [0.29, 0.717) is 12.5 Å². The Kier molecular flexibility index (Phi) is 3.66. The molecule has 5 heteroatoms. The van der Waals surface area contributed by atoms with Crippen molar-refractivity contribution in [1.29, 1.82) is 0 Å². The molecule has 92 valence electrons. The monoisotopic (exact) mass is 240 g/mol. The van der Waals surface area contributed by atoms with E-state index in [0.717, 1.165) is 19.0 Å². The van der Waals surface area contributed by atoms with Gasteiger partial charge in [0, 0.05) is 12.7 Å². The number of nitrogens with zero attached hydrogens (tertiary/aromatic N) is 1. The Morgan fingerprint density at radius 3 is 2.82 bits per heavy atom. The van der Waals surface area contributed by atoms with Gasteiger partial charge >= 0.3 is 0 Å². The zero-order valence-electron chi connectivity index (χ0n) is 9.38. The Bertz CT molecular complexity index is 417. The van der Waals surface area contributed by atoms with Crippen LogP contribution in [0.4, 0.5) is 8.78 Å². The number of amides is 1. The van der Waals surface area contributed by atoms with Gasteiger partial charge in [0.05, 0.1) is 5.56 Å². The quantitative estimate of drug-likeness (QED) is 0.823. The summed E-state index contributed by atoms with van der Waals surface area (Å²) in [5.41, 5.74) is -0.282. The first-order valence-corrected chi connectivity index (χ1v) is 5.76. The second-order valence-electron chi connectivity index (χ2n) is 4.32. The van der Waals surface area contributed by atoms with Crippen molar-refractivity contribution in [2.45, 2.75) is 25.7 Å². The number of rotatable bonds is 3. The van der Waals surface area contributed by atoms with Crippen molar-refractivity contribution >= 4 is 5.91 Å². The fourth-order valence-corrected chi connectivity index (χ4v) is 2.14. The number of hydrogen-bond donors (Lipinski definition) is 1. The largest absolute Gasteiger partial charge is 0.352 e. The lowest BCUT2D eigenvalue weighted by atomic mass is 10.1. The maximum atomic E-state index is 13.3. The van der Waals surface area contributed by atoms with E-state index in [9.17, 15) is 13.6 Å². The highest BCUT2D eigenvalue weighted by Crippen LogP contribution is 2.23. The fraction of sp³-hybridized carbons (Fsp3) is 0.500. The molecule has 3 nitrogen and oxygen atoms in total. The lowest BCUT2D eigenvalue weighted by Crippen LogP contribution is -2.29. The Morgan fingerprint density at radius 1 is 1.41 bits per heavy atom. The molecule has 1 heterocycles. The zero-order chi connectivity index (χ0) is 12.3. The first-order valence-electron chi connectivity index (χ1n) is 5.76. The number of aromatic nitrogens is 1. The molecule has 1 aromatic heterocycles. The topological polar surface area (TPSA) is 42.0 Å². The molecule has 1 aliphatic carbocycles. The van der Waals surface area contributed by atoms with Gasteiger partial charge in [0.1, 0.15) is 0 Å². The minimum Gasteiger partial charge on any atom is -0.352 e. The molecule has 1 saturated carbocycles. The smallest absolute Gasteiger partial charge is 0.254 e. The highest BCUT2D eigenvalue weighted by atomic mass is 19.2. The minimum atomic E-state index is -1.24. The molecule has 2 rings (SSSR count). The summed E-state index contributed by atoms with van der Waals surface area (Å²) >= 11 is 0. The van der Waals surface area contributed by atoms with Crippen molar-refractivity contribution in [2.75, 3.05) is 6.54 Å². The standard InChI is InChI=1S/C12H14F2N2O/c13-10-9(5-6-15-11(10)14)12(17)16-7-8-3-1-2-4-8/h5-6,8H,1-4,7H2,(H,16,17). The predicted octanol–water partition coefficient (Wildman–Crippen LogP) is 2.28. The number of carbonyl (C=O) groups excluding carboxylic acids is 1. The minimum absolute atomic E-state index is 0.282. The first kappa shape index (κ1) is 12.0. The van der Waals surface area contributed by atoms with Crippen LogP contribution >= 0.6 is 0 Å². The van der Waals surface area contributed by atoms with E-state index in [1.807, 2.05) is 0 Å². The predicted molar refractivity (Wildman–Crippen MR) is 58.4 cm³/mol. The van der Waals surface area contributed by atoms with E-state index in [4.69, 9.17) is 0 Å². The summed E-state index contributed by atoms with van der Waals surface area (Å²) in [6.07, 6.45) is 5.63. The molecular weight excluding hydrogens is 226 g/mol. The van der Waals surface area contributed by atoms with Crippen LogP contribution < -0.4 is 5.32 Å². The molecule has 1 aliphatic rings. The molecule has 0 spiro atoms. The number of hydrogen-bond acceptors (Lipinski definition) is 2. The van der Waals surface area contributed by atoms with Crippen LogP contribution in [0.15, 0.2) is 12.3 Å². The van der Waals surface area contributed by atoms with E-state index in [1.54, 1.807) is 0 Å². The second kappa shape index (κ2) is 5.21. The highest BCUT2D eigenvalue weighted by Gasteiger charge is 2.19. The lowest BCUT2D eigenvalue weighted by Gasteiger charge is -2.10. The number of halogens is 2. The Morgan fingerprint density at radius 2 is 2.12 bits per heavy atom. The van der Waals surface area contributed by atoms with Gasteiger partial charge in [0.25, 0.3) is 5.91 Å². The summed E-state index contributed by atoms with van der Waals surface area (Å²) in [7, 11) is 0. The average Bonchev–Trinajstić information content (AvgIpc) is 2.82. The molecule has 0 unspecified atom stereocenters. The third kappa shape index (κ3) is 2.78. The van der Waals surface area contributed by atoms with Crippen LogP contribution in [0, 0.1) is 17.7 Å². The molecule has 0 radical (unpaired) electrons. The van der Waals surface area contributed by atoms with E-state index in [-0.39, 0.29) is 5.56 Å². The van der Waals surface area contributed by atoms with Crippen molar-refractivity contribution in [3.05, 3.63) is 29.6 Å². The molecule has 0 atom stereocenters. The zero-order valence-corrected chi connectivity index (χ0v) is 9.38. The molecule has 0 aliphatic heterocycles. The Labute approximate surface area is 98.2 Å². The van der Waals surface area contributed by atoms with Crippen molar-refractivity contribution in [3.8, 4) is 0 Å². The Hall–Kier alpha value is -1.52. The van der Waals surface area contributed by atoms with Crippen LogP contribution in [-0.4, -0.2) is 17.4 Å². The van der Waals surface area contributed by atoms with Gasteiger partial charge in [-0.1, -0.05) is 12.8 Å². The molecule has 1 N–H and O–H groups in total. The summed E-state index contributed by atoms with van der Waals surface area (Å²) in [4.78, 5) is 14.8. The van der Waals surface area contributed by atoms with E-state index >= 15 is 0 Å². The van der Waals surface area contributed by atoms with Crippen LogP contribution in [0.5, 0.6) is 0 Å². The molecule has 1 fully saturated rings. The molecule has 0 bridgehead atoms. The molecule has 17 heavy (non-hydrogen) atoms. The molecule has 1 aromatic rings. The summed E-state index contributed by atoms with van der Waals surface area (Å²) in [6.45, 7) is 0.530. The number of nitrogens with one attached hydrogen (secondary N) is 1. The fourth-order valence-electron chi connectivity index (χ4n) is 2.14. The van der Waals surface area contributed by atoms with Crippen molar-refractivity contribution < 1.29 is 13.6 Å². The van der Waals surface area contributed by atoms with Gasteiger partial charge in [-0.2, -0.15) is 4.39 Å². The average molecular weight is 240 g/mol. The number of pyridine rings is 1. The van der Waals surface area contributed by atoms with Crippen LogP contribution in [0.2, 0.25) is 0 Å². The van der Waals surface area contributed by atoms with Crippen LogP contribution in [0.1, 0.15) is 36.0 Å². The summed E-state index contributed by atoms with van der Waals surface area (Å²) < 4.78 is 26.1. The van der Waals surface area contributed by atoms with E-state index in [2.05, 4.69) is 10.3 Å². The third-order valence-corrected chi connectivity index (χ3v) is 3.12. The van der Waals surface area contributed by atoms with Crippen LogP contribution in [0.3, 0.4) is 0 Å². The molecular formula is C12H14F2N2O. The van der Waals surface area contributed by atoms with Gasteiger partial charge in [-0.3, -0.25) is 4.79 Å². The molecule has 0 saturated heterocycles. The normalized spacial score (nSPS) is 16.1.